The van der Waals surface area contributed by atoms with Gasteiger partial charge in [0.2, 0.25) is 0 Å². The molecule has 0 aliphatic carbocycles. The predicted molar refractivity (Wildman–Crippen MR) is 95.2 cm³/mol. The van der Waals surface area contributed by atoms with Gasteiger partial charge in [-0.3, -0.25) is 4.68 Å². The molecule has 10 heteroatoms. The highest BCUT2D eigenvalue weighted by Crippen LogP contribution is 2.36. The van der Waals surface area contributed by atoms with Crippen LogP contribution in [0.5, 0.6) is 5.75 Å². The normalized spacial score (nSPS) is 18.7. The van der Waals surface area contributed by atoms with Crippen LogP contribution in [0, 0.1) is 0 Å². The van der Waals surface area contributed by atoms with E-state index in [1.807, 2.05) is 27.7 Å². The number of nitrogens with zero attached hydrogens (tertiary/aromatic N) is 2. The van der Waals surface area contributed by atoms with Gasteiger partial charge < -0.3 is 14.0 Å². The number of alkyl halides is 3. The van der Waals surface area contributed by atoms with Gasteiger partial charge in [0.25, 0.3) is 0 Å². The average molecular weight is 403 g/mol. The molecule has 2 aromatic rings. The zero-order chi connectivity index (χ0) is 20.0. The summed E-state index contributed by atoms with van der Waals surface area (Å²) in [6.45, 7) is 8.17. The second kappa shape index (κ2) is 6.72. The fraction of sp³-hybridized carbons (Fsp3) is 0.471. The lowest BCUT2D eigenvalue weighted by molar-refractivity contribution is -0.274. The van der Waals surface area contributed by atoms with Crippen LogP contribution in [0.1, 0.15) is 33.3 Å². The van der Waals surface area contributed by atoms with E-state index in [1.165, 1.54) is 18.2 Å². The molecule has 1 aromatic heterocycles. The number of halogens is 4. The molecule has 0 spiro atoms. The maximum Gasteiger partial charge on any atom is 0.573 e. The Morgan fingerprint density at radius 2 is 1.81 bits per heavy atom. The summed E-state index contributed by atoms with van der Waals surface area (Å²) in [4.78, 5) is 0. The van der Waals surface area contributed by atoms with Crippen molar-refractivity contribution in [2.75, 3.05) is 0 Å². The molecule has 5 nitrogen and oxygen atoms in total. The fourth-order valence-electron chi connectivity index (χ4n) is 2.60. The molecule has 1 aliphatic rings. The minimum Gasteiger partial charge on any atom is -0.404 e. The number of aromatic nitrogens is 2. The zero-order valence-electron chi connectivity index (χ0n) is 15.3. The van der Waals surface area contributed by atoms with Crippen molar-refractivity contribution in [3.05, 3.63) is 41.2 Å². The second-order valence-electron chi connectivity index (χ2n) is 7.37. The van der Waals surface area contributed by atoms with Gasteiger partial charge in [-0.15, -0.1) is 13.2 Å². The molecule has 0 atom stereocenters. The van der Waals surface area contributed by atoms with Crippen LogP contribution in [0.4, 0.5) is 13.2 Å². The second-order valence-corrected chi connectivity index (χ2v) is 7.78. The predicted octanol–water partition coefficient (Wildman–Crippen LogP) is 3.78. The first-order chi connectivity index (χ1) is 12.4. The highest BCUT2D eigenvalue weighted by atomic mass is 35.5. The maximum absolute atomic E-state index is 12.3. The van der Waals surface area contributed by atoms with Crippen LogP contribution < -0.4 is 10.2 Å². The summed E-state index contributed by atoms with van der Waals surface area (Å²) in [5.74, 6) is -0.439. The first-order valence-corrected chi connectivity index (χ1v) is 8.66. The lowest BCUT2D eigenvalue weighted by atomic mass is 9.82. The van der Waals surface area contributed by atoms with Crippen LogP contribution in [0.25, 0.3) is 0 Å². The quantitative estimate of drug-likeness (QED) is 0.730. The van der Waals surface area contributed by atoms with E-state index in [1.54, 1.807) is 17.1 Å². The smallest absolute Gasteiger partial charge is 0.404 e. The topological polar surface area (TPSA) is 45.5 Å². The largest absolute Gasteiger partial charge is 0.573 e. The van der Waals surface area contributed by atoms with Crippen LogP contribution in [0.2, 0.25) is 5.02 Å². The third kappa shape index (κ3) is 4.42. The van der Waals surface area contributed by atoms with Gasteiger partial charge in [-0.05, 0) is 45.4 Å². The van der Waals surface area contributed by atoms with E-state index in [0.29, 0.717) is 12.1 Å². The standard InChI is InChI=1S/C17H19BClF3N2O3/c1-15(2)16(3,4)27-18(26-15)12-8-23-24(10-12)9-11-5-6-14(13(19)7-11)25-17(20,21)22/h5-8,10H,9H2,1-4H3. The summed E-state index contributed by atoms with van der Waals surface area (Å²) in [5, 5.41) is 4.14. The van der Waals surface area contributed by atoms with Crippen molar-refractivity contribution in [3.8, 4) is 5.75 Å². The summed E-state index contributed by atoms with van der Waals surface area (Å²) in [6, 6.07) is 4.10. The molecule has 27 heavy (non-hydrogen) atoms. The van der Waals surface area contributed by atoms with Crippen molar-refractivity contribution in [1.29, 1.82) is 0 Å². The van der Waals surface area contributed by atoms with E-state index in [0.717, 1.165) is 5.46 Å². The van der Waals surface area contributed by atoms with E-state index in [4.69, 9.17) is 20.9 Å². The number of ether oxygens (including phenoxy) is 1. The van der Waals surface area contributed by atoms with Crippen LogP contribution >= 0.6 is 11.6 Å². The summed E-state index contributed by atoms with van der Waals surface area (Å²) >= 11 is 5.88. The first kappa shape index (κ1) is 20.0. The molecular weight excluding hydrogens is 383 g/mol. The Morgan fingerprint density at radius 1 is 1.19 bits per heavy atom. The molecule has 146 valence electrons. The van der Waals surface area contributed by atoms with Crippen molar-refractivity contribution in [3.63, 3.8) is 0 Å². The molecule has 0 N–H and O–H groups in total. The maximum atomic E-state index is 12.3. The average Bonchev–Trinajstić information content (AvgIpc) is 3.03. The van der Waals surface area contributed by atoms with Gasteiger partial charge in [-0.2, -0.15) is 5.10 Å². The van der Waals surface area contributed by atoms with Crippen LogP contribution in [-0.4, -0.2) is 34.5 Å². The van der Waals surface area contributed by atoms with Gasteiger partial charge >= 0.3 is 13.5 Å². The molecule has 0 amide bonds. The monoisotopic (exact) mass is 402 g/mol. The van der Waals surface area contributed by atoms with Gasteiger partial charge in [-0.25, -0.2) is 0 Å². The summed E-state index contributed by atoms with van der Waals surface area (Å²) in [5.41, 5.74) is 0.526. The number of hydrogen-bond acceptors (Lipinski definition) is 4. The van der Waals surface area contributed by atoms with Crippen molar-refractivity contribution in [2.45, 2.75) is 51.8 Å². The van der Waals surface area contributed by atoms with Crippen LogP contribution in [-0.2, 0) is 15.9 Å². The Bertz CT molecular complexity index is 823. The van der Waals surface area contributed by atoms with Crippen molar-refractivity contribution >= 4 is 24.2 Å². The van der Waals surface area contributed by atoms with Crippen molar-refractivity contribution in [2.24, 2.45) is 0 Å². The van der Waals surface area contributed by atoms with E-state index >= 15 is 0 Å². The van der Waals surface area contributed by atoms with E-state index in [-0.39, 0.29) is 5.02 Å². The highest BCUT2D eigenvalue weighted by Gasteiger charge is 2.52. The molecule has 0 saturated carbocycles. The van der Waals surface area contributed by atoms with Gasteiger partial charge in [-0.1, -0.05) is 17.7 Å². The van der Waals surface area contributed by atoms with Gasteiger partial charge in [0.15, 0.2) is 0 Å². The summed E-state index contributed by atoms with van der Waals surface area (Å²) in [7, 11) is -0.533. The third-order valence-electron chi connectivity index (χ3n) is 4.75. The molecule has 1 aliphatic heterocycles. The Labute approximate surface area is 160 Å². The van der Waals surface area contributed by atoms with Crippen molar-refractivity contribution in [1.82, 2.24) is 9.78 Å². The SMILES string of the molecule is CC1(C)OB(c2cnn(Cc3ccc(OC(F)(F)F)c(Cl)c3)c2)OC1(C)C. The molecule has 1 aromatic carbocycles. The summed E-state index contributed by atoms with van der Waals surface area (Å²) < 4.78 is 54.4. The Kier molecular flexibility index (Phi) is 4.99. The zero-order valence-corrected chi connectivity index (χ0v) is 16.1. The third-order valence-corrected chi connectivity index (χ3v) is 5.04. The number of benzene rings is 1. The van der Waals surface area contributed by atoms with Crippen molar-refractivity contribution < 1.29 is 27.2 Å². The molecular formula is C17H19BClF3N2O3. The lowest BCUT2D eigenvalue weighted by Crippen LogP contribution is -2.41. The minimum absolute atomic E-state index is 0.122. The molecule has 3 rings (SSSR count). The molecule has 1 saturated heterocycles. The molecule has 0 radical (unpaired) electrons. The van der Waals surface area contributed by atoms with Gasteiger partial charge in [0.05, 0.1) is 22.8 Å². The van der Waals surface area contributed by atoms with Gasteiger partial charge in [0.1, 0.15) is 5.75 Å². The van der Waals surface area contributed by atoms with Crippen LogP contribution in [0.15, 0.2) is 30.6 Å². The first-order valence-electron chi connectivity index (χ1n) is 8.28. The summed E-state index contributed by atoms with van der Waals surface area (Å²) in [6.07, 6.45) is -1.37. The number of rotatable bonds is 4. The van der Waals surface area contributed by atoms with Gasteiger partial charge in [0, 0.05) is 17.9 Å². The lowest BCUT2D eigenvalue weighted by Gasteiger charge is -2.32. The Balaban J connectivity index is 1.71. The Hall–Kier alpha value is -1.71. The minimum atomic E-state index is -4.79. The molecule has 0 unspecified atom stereocenters. The molecule has 1 fully saturated rings. The Morgan fingerprint density at radius 3 is 2.37 bits per heavy atom. The van der Waals surface area contributed by atoms with E-state index in [2.05, 4.69) is 9.84 Å². The molecule has 2 heterocycles. The number of hydrogen-bond donors (Lipinski definition) is 0. The van der Waals surface area contributed by atoms with Crippen LogP contribution in [0.3, 0.4) is 0 Å². The fourth-order valence-corrected chi connectivity index (χ4v) is 2.85. The van der Waals surface area contributed by atoms with E-state index < -0.39 is 30.4 Å². The molecule has 0 bridgehead atoms. The highest BCUT2D eigenvalue weighted by molar-refractivity contribution is 6.62. The van der Waals surface area contributed by atoms with E-state index in [9.17, 15) is 13.2 Å².